The maximum Gasteiger partial charge on any atom is 0.323 e. The number of benzene rings is 1. The molecule has 1 fully saturated rings. The molecule has 0 aliphatic carbocycles. The Hall–Kier alpha value is -1.43. The predicted molar refractivity (Wildman–Crippen MR) is 74.7 cm³/mol. The number of hydrogen-bond donors (Lipinski definition) is 2. The maximum atomic E-state index is 14.1. The minimum atomic E-state index is -1.08. The van der Waals surface area contributed by atoms with E-state index in [1.54, 1.807) is 19.1 Å². The molecule has 0 spiro atoms. The van der Waals surface area contributed by atoms with Crippen molar-refractivity contribution in [1.82, 2.24) is 10.2 Å². The molecule has 102 valence electrons. The van der Waals surface area contributed by atoms with Crippen LogP contribution in [0.25, 0.3) is 0 Å². The van der Waals surface area contributed by atoms with E-state index >= 15 is 0 Å². The molecule has 0 radical (unpaired) electrons. The molecule has 1 heterocycles. The van der Waals surface area contributed by atoms with Crippen molar-refractivity contribution in [2.24, 2.45) is 0 Å². The summed E-state index contributed by atoms with van der Waals surface area (Å²) >= 11 is 3.30. The predicted octanol–water partition coefficient (Wildman–Crippen LogP) is 3.22. The van der Waals surface area contributed by atoms with Crippen LogP contribution >= 0.6 is 15.9 Å². The number of rotatable bonds is 3. The molecule has 2 N–H and O–H groups in total. The first kappa shape index (κ1) is 14.0. The lowest BCUT2D eigenvalue weighted by molar-refractivity contribution is 0.178. The summed E-state index contributed by atoms with van der Waals surface area (Å²) in [6.07, 6.45) is 0.742. The van der Waals surface area contributed by atoms with Crippen molar-refractivity contribution < 1.29 is 9.18 Å². The first-order valence-electron chi connectivity index (χ1n) is 6.04. The number of nitrogens with zero attached hydrogens (tertiary/aromatic N) is 1. The zero-order valence-electron chi connectivity index (χ0n) is 10.8. The zero-order chi connectivity index (χ0) is 14.2. The van der Waals surface area contributed by atoms with Crippen LogP contribution < -0.4 is 5.32 Å². The lowest BCUT2D eigenvalue weighted by Gasteiger charge is -2.33. The summed E-state index contributed by atoms with van der Waals surface area (Å²) in [6.45, 7) is 4.09. The van der Waals surface area contributed by atoms with E-state index in [1.807, 2.05) is 6.92 Å². The minimum absolute atomic E-state index is 0.00273. The highest BCUT2D eigenvalue weighted by Crippen LogP contribution is 2.36. The lowest BCUT2D eigenvalue weighted by atomic mass is 9.89. The number of halogens is 2. The van der Waals surface area contributed by atoms with Crippen LogP contribution in [-0.2, 0) is 5.54 Å². The van der Waals surface area contributed by atoms with E-state index in [-0.39, 0.29) is 11.9 Å². The number of amidine groups is 1. The summed E-state index contributed by atoms with van der Waals surface area (Å²) in [6, 6.07) is 4.20. The Bertz CT molecular complexity index is 549. The van der Waals surface area contributed by atoms with E-state index in [4.69, 9.17) is 5.41 Å². The fourth-order valence-electron chi connectivity index (χ4n) is 2.33. The molecule has 1 aromatic carbocycles. The van der Waals surface area contributed by atoms with Crippen molar-refractivity contribution in [2.75, 3.05) is 6.54 Å². The van der Waals surface area contributed by atoms with Gasteiger partial charge in [0, 0.05) is 16.6 Å². The molecule has 0 bridgehead atoms. The van der Waals surface area contributed by atoms with Crippen LogP contribution in [0.1, 0.15) is 25.8 Å². The molecule has 1 unspecified atom stereocenters. The molecule has 2 amide bonds. The fraction of sp³-hybridized carbons (Fsp3) is 0.385. The SMILES string of the molecule is CCCN1C(=O)NC(=N)C1(C)c1cc(Br)ccc1F. The van der Waals surface area contributed by atoms with E-state index in [9.17, 15) is 9.18 Å². The highest BCUT2D eigenvalue weighted by Gasteiger charge is 2.48. The Morgan fingerprint density at radius 3 is 2.84 bits per heavy atom. The van der Waals surface area contributed by atoms with Crippen molar-refractivity contribution in [2.45, 2.75) is 25.8 Å². The third kappa shape index (κ3) is 2.14. The second-order valence-corrected chi connectivity index (χ2v) is 5.57. The van der Waals surface area contributed by atoms with E-state index in [0.29, 0.717) is 16.6 Å². The van der Waals surface area contributed by atoms with Crippen molar-refractivity contribution in [3.8, 4) is 0 Å². The van der Waals surface area contributed by atoms with Crippen molar-refractivity contribution >= 4 is 27.8 Å². The van der Waals surface area contributed by atoms with Gasteiger partial charge in [-0.2, -0.15) is 0 Å². The molecule has 1 atom stereocenters. The summed E-state index contributed by atoms with van der Waals surface area (Å²) in [5.74, 6) is -0.420. The molecule has 4 nitrogen and oxygen atoms in total. The normalized spacial score (nSPS) is 22.8. The van der Waals surface area contributed by atoms with Crippen LogP contribution in [0, 0.1) is 11.2 Å². The molecule has 1 aliphatic heterocycles. The largest absolute Gasteiger partial charge is 0.323 e. The van der Waals surface area contributed by atoms with Gasteiger partial charge in [-0.15, -0.1) is 0 Å². The monoisotopic (exact) mass is 327 g/mol. The van der Waals surface area contributed by atoms with Crippen LogP contribution in [0.2, 0.25) is 0 Å². The lowest BCUT2D eigenvalue weighted by Crippen LogP contribution is -2.45. The molecule has 1 saturated heterocycles. The van der Waals surface area contributed by atoms with Gasteiger partial charge in [0.25, 0.3) is 0 Å². The molecule has 19 heavy (non-hydrogen) atoms. The van der Waals surface area contributed by atoms with Gasteiger partial charge in [0.1, 0.15) is 17.2 Å². The van der Waals surface area contributed by atoms with Crippen LogP contribution in [-0.4, -0.2) is 23.3 Å². The first-order chi connectivity index (χ1) is 8.91. The number of urea groups is 1. The molecule has 1 aromatic rings. The maximum absolute atomic E-state index is 14.1. The summed E-state index contributed by atoms with van der Waals surface area (Å²) in [4.78, 5) is 13.4. The van der Waals surface area contributed by atoms with E-state index in [2.05, 4.69) is 21.2 Å². The highest BCUT2D eigenvalue weighted by atomic mass is 79.9. The summed E-state index contributed by atoms with van der Waals surface area (Å²) in [7, 11) is 0. The number of nitrogens with one attached hydrogen (secondary N) is 2. The number of carbonyl (C=O) groups is 1. The Morgan fingerprint density at radius 2 is 2.21 bits per heavy atom. The van der Waals surface area contributed by atoms with Crippen molar-refractivity contribution in [3.63, 3.8) is 0 Å². The van der Waals surface area contributed by atoms with E-state index < -0.39 is 11.4 Å². The van der Waals surface area contributed by atoms with Crippen LogP contribution in [0.4, 0.5) is 9.18 Å². The summed E-state index contributed by atoms with van der Waals surface area (Å²) in [5, 5.41) is 10.5. The zero-order valence-corrected chi connectivity index (χ0v) is 12.3. The molecule has 0 aromatic heterocycles. The average molecular weight is 328 g/mol. The average Bonchev–Trinajstić information content (AvgIpc) is 2.57. The number of hydrogen-bond acceptors (Lipinski definition) is 2. The van der Waals surface area contributed by atoms with Crippen LogP contribution in [0.15, 0.2) is 22.7 Å². The number of amides is 2. The third-order valence-corrected chi connectivity index (χ3v) is 3.90. The molecule has 1 aliphatic rings. The van der Waals surface area contributed by atoms with Crippen LogP contribution in [0.5, 0.6) is 0 Å². The second-order valence-electron chi connectivity index (χ2n) is 4.65. The Morgan fingerprint density at radius 1 is 1.53 bits per heavy atom. The standard InChI is InChI=1S/C13H15BrFN3O/c1-3-6-18-12(19)17-11(16)13(18,2)9-7-8(14)4-5-10(9)15/h4-5,7H,3,6H2,1-2H3,(H2,16,17,19). The van der Waals surface area contributed by atoms with E-state index in [1.165, 1.54) is 11.0 Å². The van der Waals surface area contributed by atoms with Gasteiger partial charge in [0.15, 0.2) is 0 Å². The van der Waals surface area contributed by atoms with Gasteiger partial charge in [-0.25, -0.2) is 9.18 Å². The van der Waals surface area contributed by atoms with Gasteiger partial charge >= 0.3 is 6.03 Å². The van der Waals surface area contributed by atoms with Crippen molar-refractivity contribution in [3.05, 3.63) is 34.1 Å². The molecule has 6 heteroatoms. The Labute approximate surface area is 119 Å². The smallest absolute Gasteiger partial charge is 0.308 e. The van der Waals surface area contributed by atoms with Gasteiger partial charge < -0.3 is 4.90 Å². The van der Waals surface area contributed by atoms with Gasteiger partial charge in [0.05, 0.1) is 0 Å². The quantitative estimate of drug-likeness (QED) is 0.879. The van der Waals surface area contributed by atoms with Gasteiger partial charge in [0.2, 0.25) is 0 Å². The van der Waals surface area contributed by atoms with Crippen molar-refractivity contribution in [1.29, 1.82) is 5.41 Å². The number of carbonyl (C=O) groups excluding carboxylic acids is 1. The Kier molecular flexibility index (Phi) is 3.62. The molecule has 0 saturated carbocycles. The van der Waals surface area contributed by atoms with Gasteiger partial charge in [-0.1, -0.05) is 22.9 Å². The highest BCUT2D eigenvalue weighted by molar-refractivity contribution is 9.10. The molecular weight excluding hydrogens is 313 g/mol. The first-order valence-corrected chi connectivity index (χ1v) is 6.83. The third-order valence-electron chi connectivity index (χ3n) is 3.40. The molecule has 2 rings (SSSR count). The summed E-state index contributed by atoms with van der Waals surface area (Å²) < 4.78 is 14.8. The molecular formula is C13H15BrFN3O. The van der Waals surface area contributed by atoms with Crippen LogP contribution in [0.3, 0.4) is 0 Å². The van der Waals surface area contributed by atoms with Gasteiger partial charge in [-0.3, -0.25) is 10.7 Å². The fourth-order valence-corrected chi connectivity index (χ4v) is 2.69. The van der Waals surface area contributed by atoms with Gasteiger partial charge in [-0.05, 0) is 31.5 Å². The summed E-state index contributed by atoms with van der Waals surface area (Å²) in [5.41, 5.74) is -0.764. The van der Waals surface area contributed by atoms with E-state index in [0.717, 1.165) is 6.42 Å². The Balaban J connectivity index is 2.57. The topological polar surface area (TPSA) is 56.2 Å². The second kappa shape index (κ2) is 4.92. The minimum Gasteiger partial charge on any atom is -0.308 e.